The molecule has 1 aliphatic rings. The van der Waals surface area contributed by atoms with E-state index in [0.29, 0.717) is 6.42 Å². The Kier molecular flexibility index (Phi) is 3.50. The van der Waals surface area contributed by atoms with Gasteiger partial charge in [-0.2, -0.15) is 0 Å². The van der Waals surface area contributed by atoms with Crippen LogP contribution in [0.15, 0.2) is 0 Å². The molecule has 0 aromatic rings. The predicted octanol–water partition coefficient (Wildman–Crippen LogP) is 0.583. The van der Waals surface area contributed by atoms with E-state index >= 15 is 0 Å². The van der Waals surface area contributed by atoms with Crippen LogP contribution in [0.4, 0.5) is 0 Å². The second-order valence-electron chi connectivity index (χ2n) is 4.55. The zero-order chi connectivity index (χ0) is 10.8. The number of rotatable bonds is 4. The van der Waals surface area contributed by atoms with Gasteiger partial charge in [-0.05, 0) is 20.3 Å². The molecule has 0 atom stereocenters. The number of hydrogen-bond acceptors (Lipinski definition) is 3. The standard InChI is InChI=1S/C10H21N3O/c1-4-12-7-5-9(14)13(12)8-6-10(2,3)11/h4-8,11H2,1-3H3. The highest BCUT2D eigenvalue weighted by molar-refractivity contribution is 5.77. The van der Waals surface area contributed by atoms with Crippen molar-refractivity contribution in [1.29, 1.82) is 0 Å². The smallest absolute Gasteiger partial charge is 0.238 e. The van der Waals surface area contributed by atoms with Crippen LogP contribution in [0.2, 0.25) is 0 Å². The van der Waals surface area contributed by atoms with E-state index in [-0.39, 0.29) is 11.4 Å². The Labute approximate surface area is 86.0 Å². The minimum absolute atomic E-state index is 0.192. The second-order valence-corrected chi connectivity index (χ2v) is 4.55. The molecule has 1 saturated heterocycles. The highest BCUT2D eigenvalue weighted by Gasteiger charge is 2.28. The number of hydrazine groups is 1. The van der Waals surface area contributed by atoms with Crippen molar-refractivity contribution in [2.75, 3.05) is 19.6 Å². The first-order valence-electron chi connectivity index (χ1n) is 5.28. The van der Waals surface area contributed by atoms with Crippen molar-refractivity contribution >= 4 is 5.91 Å². The molecule has 0 unspecified atom stereocenters. The van der Waals surface area contributed by atoms with E-state index in [4.69, 9.17) is 5.73 Å². The second kappa shape index (κ2) is 4.28. The van der Waals surface area contributed by atoms with Gasteiger partial charge in [-0.1, -0.05) is 6.92 Å². The largest absolute Gasteiger partial charge is 0.325 e. The first-order chi connectivity index (χ1) is 6.44. The summed E-state index contributed by atoms with van der Waals surface area (Å²) in [4.78, 5) is 11.5. The fourth-order valence-corrected chi connectivity index (χ4v) is 1.62. The molecule has 82 valence electrons. The van der Waals surface area contributed by atoms with Crippen LogP contribution >= 0.6 is 0 Å². The van der Waals surface area contributed by atoms with Crippen molar-refractivity contribution in [3.8, 4) is 0 Å². The van der Waals surface area contributed by atoms with E-state index < -0.39 is 0 Å². The van der Waals surface area contributed by atoms with Crippen LogP contribution in [0.25, 0.3) is 0 Å². The van der Waals surface area contributed by atoms with Gasteiger partial charge in [-0.15, -0.1) is 0 Å². The average molecular weight is 199 g/mol. The zero-order valence-corrected chi connectivity index (χ0v) is 9.42. The number of amides is 1. The Morgan fingerprint density at radius 2 is 2.14 bits per heavy atom. The Morgan fingerprint density at radius 3 is 2.64 bits per heavy atom. The van der Waals surface area contributed by atoms with Gasteiger partial charge in [0.2, 0.25) is 5.91 Å². The Balaban J connectivity index is 2.45. The van der Waals surface area contributed by atoms with E-state index in [1.165, 1.54) is 0 Å². The van der Waals surface area contributed by atoms with Gasteiger partial charge in [0.1, 0.15) is 0 Å². The summed E-state index contributed by atoms with van der Waals surface area (Å²) in [5, 5.41) is 3.93. The van der Waals surface area contributed by atoms with Gasteiger partial charge in [0, 0.05) is 31.6 Å². The molecule has 0 saturated carbocycles. The molecule has 0 aliphatic carbocycles. The molecule has 0 aromatic heterocycles. The summed E-state index contributed by atoms with van der Waals surface area (Å²) >= 11 is 0. The fraction of sp³-hybridized carbons (Fsp3) is 0.900. The maximum atomic E-state index is 11.5. The topological polar surface area (TPSA) is 49.6 Å². The van der Waals surface area contributed by atoms with Crippen LogP contribution < -0.4 is 5.73 Å². The summed E-state index contributed by atoms with van der Waals surface area (Å²) in [6.07, 6.45) is 1.49. The summed E-state index contributed by atoms with van der Waals surface area (Å²) in [5.74, 6) is 0.233. The lowest BCUT2D eigenvalue weighted by atomic mass is 10.0. The summed E-state index contributed by atoms with van der Waals surface area (Å²) in [6, 6.07) is 0. The lowest BCUT2D eigenvalue weighted by Crippen LogP contribution is -2.43. The van der Waals surface area contributed by atoms with Gasteiger partial charge in [0.05, 0.1) is 0 Å². The number of nitrogens with zero attached hydrogens (tertiary/aromatic N) is 2. The monoisotopic (exact) mass is 199 g/mol. The van der Waals surface area contributed by atoms with E-state index in [1.54, 1.807) is 0 Å². The van der Waals surface area contributed by atoms with Crippen LogP contribution in [0.3, 0.4) is 0 Å². The van der Waals surface area contributed by atoms with Gasteiger partial charge in [0.15, 0.2) is 0 Å². The Morgan fingerprint density at radius 1 is 1.50 bits per heavy atom. The van der Waals surface area contributed by atoms with Crippen molar-refractivity contribution in [3.05, 3.63) is 0 Å². The van der Waals surface area contributed by atoms with E-state index in [2.05, 4.69) is 11.9 Å². The molecule has 1 fully saturated rings. The van der Waals surface area contributed by atoms with E-state index in [0.717, 1.165) is 26.1 Å². The van der Waals surface area contributed by atoms with Crippen LogP contribution in [0, 0.1) is 0 Å². The first-order valence-corrected chi connectivity index (χ1v) is 5.28. The molecule has 0 radical (unpaired) electrons. The van der Waals surface area contributed by atoms with E-state index in [1.807, 2.05) is 18.9 Å². The lowest BCUT2D eigenvalue weighted by molar-refractivity contribution is -0.138. The molecule has 0 spiro atoms. The van der Waals surface area contributed by atoms with Crippen molar-refractivity contribution < 1.29 is 4.79 Å². The van der Waals surface area contributed by atoms with Crippen LogP contribution in [0.5, 0.6) is 0 Å². The highest BCUT2D eigenvalue weighted by Crippen LogP contribution is 2.14. The van der Waals surface area contributed by atoms with Crippen molar-refractivity contribution in [1.82, 2.24) is 10.0 Å². The minimum atomic E-state index is -0.192. The van der Waals surface area contributed by atoms with Crippen LogP contribution in [0.1, 0.15) is 33.6 Å². The highest BCUT2D eigenvalue weighted by atomic mass is 16.2. The number of carbonyl (C=O) groups excluding carboxylic acids is 1. The molecule has 1 rings (SSSR count). The summed E-state index contributed by atoms with van der Waals surface area (Å²) in [6.45, 7) is 8.56. The Hall–Kier alpha value is -0.610. The first kappa shape index (κ1) is 11.5. The van der Waals surface area contributed by atoms with E-state index in [9.17, 15) is 4.79 Å². The fourth-order valence-electron chi connectivity index (χ4n) is 1.62. The van der Waals surface area contributed by atoms with Crippen molar-refractivity contribution in [2.45, 2.75) is 39.2 Å². The molecule has 14 heavy (non-hydrogen) atoms. The third kappa shape index (κ3) is 2.96. The van der Waals surface area contributed by atoms with Gasteiger partial charge in [0.25, 0.3) is 0 Å². The van der Waals surface area contributed by atoms with Gasteiger partial charge >= 0.3 is 0 Å². The third-order valence-corrected chi connectivity index (χ3v) is 2.55. The van der Waals surface area contributed by atoms with Gasteiger partial charge < -0.3 is 5.73 Å². The molecular formula is C10H21N3O. The third-order valence-electron chi connectivity index (χ3n) is 2.55. The SMILES string of the molecule is CCN1CCC(=O)N1CCC(C)(C)N. The average Bonchev–Trinajstić information content (AvgIpc) is 2.41. The molecule has 2 N–H and O–H groups in total. The predicted molar refractivity (Wildman–Crippen MR) is 56.5 cm³/mol. The number of nitrogens with two attached hydrogens (primary N) is 1. The van der Waals surface area contributed by atoms with Crippen LogP contribution in [-0.2, 0) is 4.79 Å². The maximum absolute atomic E-state index is 11.5. The van der Waals surface area contributed by atoms with Crippen LogP contribution in [-0.4, -0.2) is 41.1 Å². The zero-order valence-electron chi connectivity index (χ0n) is 9.42. The van der Waals surface area contributed by atoms with Crippen molar-refractivity contribution in [3.63, 3.8) is 0 Å². The summed E-state index contributed by atoms with van der Waals surface area (Å²) < 4.78 is 0. The minimum Gasteiger partial charge on any atom is -0.325 e. The lowest BCUT2D eigenvalue weighted by Gasteiger charge is -2.29. The molecule has 4 nitrogen and oxygen atoms in total. The Bertz CT molecular complexity index is 210. The molecule has 1 heterocycles. The van der Waals surface area contributed by atoms with Gasteiger partial charge in [-0.3, -0.25) is 9.80 Å². The number of hydrogen-bond donors (Lipinski definition) is 1. The molecule has 1 aliphatic heterocycles. The molecule has 0 aromatic carbocycles. The molecule has 0 bridgehead atoms. The summed E-state index contributed by atoms with van der Waals surface area (Å²) in [7, 11) is 0. The van der Waals surface area contributed by atoms with Crippen molar-refractivity contribution in [2.24, 2.45) is 5.73 Å². The molecular weight excluding hydrogens is 178 g/mol. The molecule has 1 amide bonds. The quantitative estimate of drug-likeness (QED) is 0.720. The number of carbonyl (C=O) groups is 1. The summed E-state index contributed by atoms with van der Waals surface area (Å²) in [5.41, 5.74) is 5.70. The maximum Gasteiger partial charge on any atom is 0.238 e. The molecule has 4 heteroatoms. The normalized spacial score (nSPS) is 19.4. The van der Waals surface area contributed by atoms with Gasteiger partial charge in [-0.25, -0.2) is 5.01 Å².